The summed E-state index contributed by atoms with van der Waals surface area (Å²) in [5.74, 6) is 0. The van der Waals surface area contributed by atoms with E-state index >= 15 is 0 Å². The molecule has 0 fully saturated rings. The van der Waals surface area contributed by atoms with Crippen molar-refractivity contribution in [2.75, 3.05) is 0 Å². The quantitative estimate of drug-likeness (QED) is 0.574. The SMILES string of the molecule is FC(F)(F)C[n+]1cc[nH]c1. The maximum Gasteiger partial charge on any atom is 0.426 e. The summed E-state index contributed by atoms with van der Waals surface area (Å²) in [5.41, 5.74) is 0. The number of hydrogen-bond donors (Lipinski definition) is 1. The summed E-state index contributed by atoms with van der Waals surface area (Å²) in [4.78, 5) is 2.52. The van der Waals surface area contributed by atoms with Gasteiger partial charge in [0.25, 0.3) is 0 Å². The Kier molecular flexibility index (Phi) is 1.65. The molecule has 1 aromatic rings. The number of imidazole rings is 1. The second kappa shape index (κ2) is 2.32. The van der Waals surface area contributed by atoms with Crippen molar-refractivity contribution in [1.29, 1.82) is 0 Å². The third-order valence-electron chi connectivity index (χ3n) is 0.964. The van der Waals surface area contributed by atoms with Crippen LogP contribution < -0.4 is 4.57 Å². The maximum atomic E-state index is 11.6. The molecule has 0 aliphatic carbocycles. The number of aromatic amines is 1. The second-order valence-corrected chi connectivity index (χ2v) is 1.90. The van der Waals surface area contributed by atoms with Crippen molar-refractivity contribution in [1.82, 2.24) is 4.98 Å². The van der Waals surface area contributed by atoms with Crippen molar-refractivity contribution >= 4 is 0 Å². The molecule has 2 nitrogen and oxygen atoms in total. The standard InChI is InChI=1S/C5H5F3N2/c6-5(7,8)3-10-2-1-9-4-10/h1-2,4H,3H2/p+1. The molecule has 0 unspecified atom stereocenters. The summed E-state index contributed by atoms with van der Waals surface area (Å²) in [6.45, 7) is -0.934. The summed E-state index contributed by atoms with van der Waals surface area (Å²) in [6, 6.07) is 0. The molecule has 0 spiro atoms. The van der Waals surface area contributed by atoms with Crippen LogP contribution in [-0.2, 0) is 6.54 Å². The Morgan fingerprint density at radius 1 is 1.40 bits per heavy atom. The van der Waals surface area contributed by atoms with E-state index in [1.807, 2.05) is 0 Å². The number of nitrogens with one attached hydrogen (secondary N) is 1. The maximum absolute atomic E-state index is 11.6. The molecule has 5 heteroatoms. The zero-order valence-electron chi connectivity index (χ0n) is 5.02. The second-order valence-electron chi connectivity index (χ2n) is 1.90. The average molecular weight is 151 g/mol. The van der Waals surface area contributed by atoms with Gasteiger partial charge in [-0.05, 0) is 0 Å². The number of nitrogens with zero attached hydrogens (tertiary/aromatic N) is 1. The Morgan fingerprint density at radius 3 is 2.50 bits per heavy atom. The molecule has 0 aliphatic rings. The molecule has 0 atom stereocenters. The van der Waals surface area contributed by atoms with Gasteiger partial charge in [0.1, 0.15) is 12.4 Å². The van der Waals surface area contributed by atoms with Gasteiger partial charge in [-0.25, -0.2) is 4.57 Å². The van der Waals surface area contributed by atoms with Crippen LogP contribution in [0.4, 0.5) is 13.2 Å². The van der Waals surface area contributed by atoms with Gasteiger partial charge in [-0.3, -0.25) is 4.98 Å². The zero-order chi connectivity index (χ0) is 7.61. The molecular weight excluding hydrogens is 145 g/mol. The van der Waals surface area contributed by atoms with Crippen LogP contribution in [0.5, 0.6) is 0 Å². The molecule has 0 amide bonds. The van der Waals surface area contributed by atoms with E-state index in [0.29, 0.717) is 0 Å². The van der Waals surface area contributed by atoms with Crippen molar-refractivity contribution in [3.63, 3.8) is 0 Å². The van der Waals surface area contributed by atoms with E-state index in [1.54, 1.807) is 0 Å². The monoisotopic (exact) mass is 151 g/mol. The fourth-order valence-corrected chi connectivity index (χ4v) is 0.626. The van der Waals surface area contributed by atoms with E-state index in [9.17, 15) is 13.2 Å². The van der Waals surface area contributed by atoms with Crippen LogP contribution in [0.2, 0.25) is 0 Å². The van der Waals surface area contributed by atoms with E-state index in [2.05, 4.69) is 4.98 Å². The largest absolute Gasteiger partial charge is 0.426 e. The minimum atomic E-state index is -4.13. The van der Waals surface area contributed by atoms with Crippen molar-refractivity contribution in [2.24, 2.45) is 0 Å². The Morgan fingerprint density at radius 2 is 2.10 bits per heavy atom. The fraction of sp³-hybridized carbons (Fsp3) is 0.400. The lowest BCUT2D eigenvalue weighted by molar-refractivity contribution is -0.718. The van der Waals surface area contributed by atoms with E-state index < -0.39 is 12.7 Å². The molecule has 0 bridgehead atoms. The predicted octanol–water partition coefficient (Wildman–Crippen LogP) is 0.864. The predicted molar refractivity (Wildman–Crippen MR) is 27.0 cm³/mol. The smallest absolute Gasteiger partial charge is 0.250 e. The van der Waals surface area contributed by atoms with Crippen molar-refractivity contribution in [3.05, 3.63) is 18.7 Å². The van der Waals surface area contributed by atoms with Crippen LogP contribution in [0.3, 0.4) is 0 Å². The summed E-state index contributed by atoms with van der Waals surface area (Å²) < 4.78 is 35.8. The molecule has 1 aromatic heterocycles. The van der Waals surface area contributed by atoms with Crippen molar-refractivity contribution < 1.29 is 17.7 Å². The summed E-state index contributed by atoms with van der Waals surface area (Å²) in [5, 5.41) is 0. The minimum Gasteiger partial charge on any atom is -0.250 e. The number of aromatic nitrogens is 2. The lowest BCUT2D eigenvalue weighted by Gasteiger charge is -2.00. The molecule has 10 heavy (non-hydrogen) atoms. The summed E-state index contributed by atoms with van der Waals surface area (Å²) in [7, 11) is 0. The van der Waals surface area contributed by atoms with Crippen LogP contribution >= 0.6 is 0 Å². The highest BCUT2D eigenvalue weighted by atomic mass is 19.4. The number of H-pyrrole nitrogens is 1. The van der Waals surface area contributed by atoms with Gasteiger partial charge in [-0.15, -0.1) is 0 Å². The molecule has 0 radical (unpaired) electrons. The highest BCUT2D eigenvalue weighted by Gasteiger charge is 2.30. The molecule has 0 aromatic carbocycles. The van der Waals surface area contributed by atoms with Gasteiger partial charge < -0.3 is 0 Å². The first kappa shape index (κ1) is 7.11. The van der Waals surface area contributed by atoms with Crippen LogP contribution in [0.15, 0.2) is 18.7 Å². The summed E-state index contributed by atoms with van der Waals surface area (Å²) in [6.07, 6.45) is -0.112. The Balaban J connectivity index is 2.57. The van der Waals surface area contributed by atoms with Crippen molar-refractivity contribution in [3.8, 4) is 0 Å². The van der Waals surface area contributed by atoms with Crippen LogP contribution in [0, 0.1) is 0 Å². The zero-order valence-corrected chi connectivity index (χ0v) is 5.02. The molecule has 56 valence electrons. The normalized spacial score (nSPS) is 11.9. The topological polar surface area (TPSA) is 19.7 Å². The van der Waals surface area contributed by atoms with Crippen LogP contribution in [0.25, 0.3) is 0 Å². The first-order valence-corrected chi connectivity index (χ1v) is 2.66. The van der Waals surface area contributed by atoms with Crippen LogP contribution in [-0.4, -0.2) is 11.2 Å². The molecule has 0 saturated carbocycles. The van der Waals surface area contributed by atoms with Gasteiger partial charge in [-0.2, -0.15) is 13.2 Å². The first-order chi connectivity index (χ1) is 4.58. The first-order valence-electron chi connectivity index (χ1n) is 2.66. The van der Waals surface area contributed by atoms with E-state index in [-0.39, 0.29) is 0 Å². The average Bonchev–Trinajstić information content (AvgIpc) is 2.12. The van der Waals surface area contributed by atoms with Gasteiger partial charge in [0.15, 0.2) is 6.54 Å². The minimum absolute atomic E-state index is 0.934. The van der Waals surface area contributed by atoms with E-state index in [1.165, 1.54) is 18.7 Å². The number of halogens is 3. The van der Waals surface area contributed by atoms with E-state index in [0.717, 1.165) is 4.57 Å². The highest BCUT2D eigenvalue weighted by Crippen LogP contribution is 2.13. The van der Waals surface area contributed by atoms with Gasteiger partial charge in [0, 0.05) is 0 Å². The molecule has 0 saturated heterocycles. The number of hydrogen-bond acceptors (Lipinski definition) is 0. The molecule has 1 N–H and O–H groups in total. The highest BCUT2D eigenvalue weighted by molar-refractivity contribution is 4.56. The van der Waals surface area contributed by atoms with E-state index in [4.69, 9.17) is 0 Å². The van der Waals surface area contributed by atoms with Crippen molar-refractivity contribution in [2.45, 2.75) is 12.7 Å². The molecule has 1 heterocycles. The van der Waals surface area contributed by atoms with Gasteiger partial charge >= 0.3 is 6.18 Å². The van der Waals surface area contributed by atoms with Gasteiger partial charge in [0.05, 0.1) is 0 Å². The molecule has 1 rings (SSSR count). The van der Waals surface area contributed by atoms with Gasteiger partial charge in [0.2, 0.25) is 6.33 Å². The Labute approximate surface area is 55.3 Å². The Hall–Kier alpha value is -1.00. The number of rotatable bonds is 1. The molecule has 0 aliphatic heterocycles. The van der Waals surface area contributed by atoms with Crippen LogP contribution in [0.1, 0.15) is 0 Å². The summed E-state index contributed by atoms with van der Waals surface area (Å²) >= 11 is 0. The fourth-order valence-electron chi connectivity index (χ4n) is 0.626. The lowest BCUT2D eigenvalue weighted by atomic mass is 10.6. The third kappa shape index (κ3) is 2.08. The Bertz CT molecular complexity index is 189. The third-order valence-corrected chi connectivity index (χ3v) is 0.964. The van der Waals surface area contributed by atoms with Gasteiger partial charge in [-0.1, -0.05) is 0 Å². The lowest BCUT2D eigenvalue weighted by Crippen LogP contribution is -2.39. The molecular formula is C5H6F3N2+. The number of alkyl halides is 3.